The molecule has 0 aromatic heterocycles. The third-order valence-corrected chi connectivity index (χ3v) is 2.90. The summed E-state index contributed by atoms with van der Waals surface area (Å²) in [6.07, 6.45) is 0.463. The van der Waals surface area contributed by atoms with Gasteiger partial charge in [-0.05, 0) is 18.6 Å². The van der Waals surface area contributed by atoms with E-state index in [1.54, 1.807) is 6.07 Å². The largest absolute Gasteiger partial charge is 0.481 e. The van der Waals surface area contributed by atoms with Crippen LogP contribution in [0.3, 0.4) is 0 Å². The van der Waals surface area contributed by atoms with Crippen LogP contribution in [0.25, 0.3) is 0 Å². The van der Waals surface area contributed by atoms with Gasteiger partial charge >= 0.3 is 5.97 Å². The van der Waals surface area contributed by atoms with E-state index < -0.39 is 17.7 Å². The number of carboxylic acids is 1. The molecule has 2 rings (SSSR count). The van der Waals surface area contributed by atoms with Crippen LogP contribution in [0.5, 0.6) is 0 Å². The van der Waals surface area contributed by atoms with Gasteiger partial charge < -0.3 is 10.0 Å². The summed E-state index contributed by atoms with van der Waals surface area (Å²) in [5, 5.41) is 8.93. The summed E-state index contributed by atoms with van der Waals surface area (Å²) >= 11 is 0. The number of carbonyl (C=O) groups is 2. The van der Waals surface area contributed by atoms with E-state index in [-0.39, 0.29) is 24.6 Å². The number of aliphatic carboxylic acids is 1. The zero-order valence-corrected chi connectivity index (χ0v) is 9.10. The van der Waals surface area contributed by atoms with E-state index in [0.717, 1.165) is 0 Å². The van der Waals surface area contributed by atoms with E-state index >= 15 is 0 Å². The van der Waals surface area contributed by atoms with Crippen molar-refractivity contribution in [2.45, 2.75) is 12.8 Å². The van der Waals surface area contributed by atoms with Crippen LogP contribution in [0.2, 0.25) is 0 Å². The minimum atomic E-state index is -0.946. The van der Waals surface area contributed by atoms with Crippen LogP contribution in [-0.2, 0) is 9.59 Å². The zero-order chi connectivity index (χ0) is 12.4. The highest BCUT2D eigenvalue weighted by Crippen LogP contribution is 2.26. The quantitative estimate of drug-likeness (QED) is 0.850. The second kappa shape index (κ2) is 4.53. The van der Waals surface area contributed by atoms with E-state index in [1.807, 2.05) is 0 Å². The van der Waals surface area contributed by atoms with Crippen molar-refractivity contribution in [3.63, 3.8) is 0 Å². The van der Waals surface area contributed by atoms with Crippen molar-refractivity contribution in [2.75, 3.05) is 11.4 Å². The molecule has 90 valence electrons. The SMILES string of the molecule is O=C(O)C1CCC(=O)N(c2ccccc2F)C1. The lowest BCUT2D eigenvalue weighted by Gasteiger charge is -2.30. The van der Waals surface area contributed by atoms with Crippen LogP contribution in [0, 0.1) is 11.7 Å². The number of amides is 1. The van der Waals surface area contributed by atoms with Crippen LogP contribution in [0.1, 0.15) is 12.8 Å². The Balaban J connectivity index is 2.27. The fourth-order valence-electron chi connectivity index (χ4n) is 1.95. The number of piperidine rings is 1. The highest BCUT2D eigenvalue weighted by Gasteiger charge is 2.31. The Bertz CT molecular complexity index is 461. The lowest BCUT2D eigenvalue weighted by atomic mass is 9.97. The molecule has 1 fully saturated rings. The molecule has 0 bridgehead atoms. The van der Waals surface area contributed by atoms with Crippen molar-refractivity contribution >= 4 is 17.6 Å². The zero-order valence-electron chi connectivity index (χ0n) is 9.10. The highest BCUT2D eigenvalue weighted by atomic mass is 19.1. The maximum atomic E-state index is 13.5. The number of para-hydroxylation sites is 1. The van der Waals surface area contributed by atoms with E-state index in [1.165, 1.54) is 23.1 Å². The lowest BCUT2D eigenvalue weighted by Crippen LogP contribution is -2.43. The Kier molecular flexibility index (Phi) is 3.08. The van der Waals surface area contributed by atoms with Gasteiger partial charge in [-0.25, -0.2) is 4.39 Å². The molecule has 0 radical (unpaired) electrons. The summed E-state index contributed by atoms with van der Waals surface area (Å²) in [7, 11) is 0. The number of anilines is 1. The normalized spacial score (nSPS) is 20.4. The molecule has 1 aliphatic rings. The van der Waals surface area contributed by atoms with Gasteiger partial charge in [0, 0.05) is 13.0 Å². The van der Waals surface area contributed by atoms with Gasteiger partial charge in [-0.15, -0.1) is 0 Å². The lowest BCUT2D eigenvalue weighted by molar-refractivity contribution is -0.142. The van der Waals surface area contributed by atoms with Crippen LogP contribution in [0.15, 0.2) is 24.3 Å². The monoisotopic (exact) mass is 237 g/mol. The van der Waals surface area contributed by atoms with Crippen molar-refractivity contribution < 1.29 is 19.1 Å². The van der Waals surface area contributed by atoms with E-state index in [2.05, 4.69) is 0 Å². The summed E-state index contributed by atoms with van der Waals surface area (Å²) in [5.74, 6) is -2.30. The summed E-state index contributed by atoms with van der Waals surface area (Å²) in [5.41, 5.74) is 0.156. The van der Waals surface area contributed by atoms with Crippen LogP contribution in [-0.4, -0.2) is 23.5 Å². The van der Waals surface area contributed by atoms with E-state index in [0.29, 0.717) is 6.42 Å². The minimum Gasteiger partial charge on any atom is -0.481 e. The Morgan fingerprint density at radius 3 is 2.76 bits per heavy atom. The topological polar surface area (TPSA) is 57.6 Å². The molecule has 5 heteroatoms. The summed E-state index contributed by atoms with van der Waals surface area (Å²) < 4.78 is 13.5. The van der Waals surface area contributed by atoms with Gasteiger partial charge in [0.2, 0.25) is 5.91 Å². The van der Waals surface area contributed by atoms with Gasteiger partial charge in [-0.3, -0.25) is 9.59 Å². The second-order valence-electron chi connectivity index (χ2n) is 4.03. The predicted octanol–water partition coefficient (Wildman–Crippen LogP) is 1.65. The smallest absolute Gasteiger partial charge is 0.308 e. The summed E-state index contributed by atoms with van der Waals surface area (Å²) in [4.78, 5) is 23.8. The Morgan fingerprint density at radius 1 is 1.41 bits per heavy atom. The molecule has 1 saturated heterocycles. The molecule has 4 nitrogen and oxygen atoms in total. The molecule has 17 heavy (non-hydrogen) atoms. The molecule has 1 N–H and O–H groups in total. The molecule has 0 aliphatic carbocycles. The molecule has 1 aliphatic heterocycles. The van der Waals surface area contributed by atoms with Crippen molar-refractivity contribution in [1.82, 2.24) is 0 Å². The van der Waals surface area contributed by atoms with Crippen LogP contribution >= 0.6 is 0 Å². The number of hydrogen-bond donors (Lipinski definition) is 1. The Morgan fingerprint density at radius 2 is 2.12 bits per heavy atom. The molecular formula is C12H12FNO3. The first-order chi connectivity index (χ1) is 8.09. The van der Waals surface area contributed by atoms with Gasteiger partial charge in [0.05, 0.1) is 11.6 Å². The molecule has 1 atom stereocenters. The molecule has 1 unspecified atom stereocenters. The highest BCUT2D eigenvalue weighted by molar-refractivity contribution is 5.95. The molecule has 1 amide bonds. The number of carbonyl (C=O) groups excluding carboxylic acids is 1. The number of carboxylic acid groups (broad SMARTS) is 1. The van der Waals surface area contributed by atoms with Gasteiger partial charge in [0.1, 0.15) is 5.82 Å². The fraction of sp³-hybridized carbons (Fsp3) is 0.333. The Hall–Kier alpha value is -1.91. The van der Waals surface area contributed by atoms with E-state index in [4.69, 9.17) is 5.11 Å². The molecule has 0 saturated carbocycles. The van der Waals surface area contributed by atoms with Crippen molar-refractivity contribution in [1.29, 1.82) is 0 Å². The molecule has 1 aromatic rings. The number of benzene rings is 1. The van der Waals surface area contributed by atoms with Crippen LogP contribution in [0.4, 0.5) is 10.1 Å². The van der Waals surface area contributed by atoms with Crippen molar-refractivity contribution in [3.05, 3.63) is 30.1 Å². The summed E-state index contributed by atoms with van der Waals surface area (Å²) in [6, 6.07) is 5.89. The number of halogens is 1. The first-order valence-electron chi connectivity index (χ1n) is 5.37. The maximum absolute atomic E-state index is 13.5. The third kappa shape index (κ3) is 2.27. The van der Waals surface area contributed by atoms with Crippen molar-refractivity contribution in [2.24, 2.45) is 5.92 Å². The van der Waals surface area contributed by atoms with Gasteiger partial charge in [-0.2, -0.15) is 0 Å². The standard InChI is InChI=1S/C12H12FNO3/c13-9-3-1-2-4-10(9)14-7-8(12(16)17)5-6-11(14)15/h1-4,8H,5-7H2,(H,16,17). The minimum absolute atomic E-state index is 0.0368. The average molecular weight is 237 g/mol. The number of hydrogen-bond acceptors (Lipinski definition) is 2. The predicted molar refractivity (Wildman–Crippen MR) is 59.1 cm³/mol. The maximum Gasteiger partial charge on any atom is 0.308 e. The summed E-state index contributed by atoms with van der Waals surface area (Å²) in [6.45, 7) is 0.0368. The first kappa shape index (κ1) is 11.6. The number of nitrogens with zero attached hydrogens (tertiary/aromatic N) is 1. The molecule has 1 aromatic carbocycles. The second-order valence-corrected chi connectivity index (χ2v) is 4.03. The molecule has 1 heterocycles. The molecule has 0 spiro atoms. The number of rotatable bonds is 2. The van der Waals surface area contributed by atoms with Crippen LogP contribution < -0.4 is 4.90 Å². The Labute approximate surface area is 97.7 Å². The molecular weight excluding hydrogens is 225 g/mol. The third-order valence-electron chi connectivity index (χ3n) is 2.90. The van der Waals surface area contributed by atoms with E-state index in [9.17, 15) is 14.0 Å². The average Bonchev–Trinajstić information content (AvgIpc) is 2.30. The fourth-order valence-corrected chi connectivity index (χ4v) is 1.95. The van der Waals surface area contributed by atoms with Gasteiger partial charge in [0.15, 0.2) is 0 Å². The van der Waals surface area contributed by atoms with Gasteiger partial charge in [-0.1, -0.05) is 12.1 Å². The van der Waals surface area contributed by atoms with Gasteiger partial charge in [0.25, 0.3) is 0 Å². The first-order valence-corrected chi connectivity index (χ1v) is 5.37. The van der Waals surface area contributed by atoms with Crippen molar-refractivity contribution in [3.8, 4) is 0 Å².